The summed E-state index contributed by atoms with van der Waals surface area (Å²) in [5.74, 6) is -0.162. The van der Waals surface area contributed by atoms with E-state index in [9.17, 15) is 9.18 Å². The summed E-state index contributed by atoms with van der Waals surface area (Å²) in [6.07, 6.45) is -0.657. The first-order valence-electron chi connectivity index (χ1n) is 9.87. The molecular formula is C24H20FN3O3S. The van der Waals surface area contributed by atoms with E-state index >= 15 is 0 Å². The Labute approximate surface area is 189 Å². The molecule has 0 aliphatic rings. The minimum absolute atomic E-state index is 0.0930. The number of halogens is 1. The van der Waals surface area contributed by atoms with Gasteiger partial charge in [0.15, 0.2) is 5.11 Å². The number of para-hydroxylation sites is 1. The van der Waals surface area contributed by atoms with E-state index in [2.05, 4.69) is 16.0 Å². The summed E-state index contributed by atoms with van der Waals surface area (Å²) < 4.78 is 23.7. The highest BCUT2D eigenvalue weighted by Crippen LogP contribution is 2.25. The minimum Gasteiger partial charge on any atom is -0.425 e. The van der Waals surface area contributed by atoms with Gasteiger partial charge in [-0.25, -0.2) is 9.18 Å². The Morgan fingerprint density at radius 1 is 0.969 bits per heavy atom. The average molecular weight is 450 g/mol. The molecular weight excluding hydrogens is 429 g/mol. The number of anilines is 2. The Morgan fingerprint density at radius 2 is 1.62 bits per heavy atom. The van der Waals surface area contributed by atoms with Gasteiger partial charge < -0.3 is 19.8 Å². The molecule has 3 aromatic carbocycles. The lowest BCUT2D eigenvalue weighted by Crippen LogP contribution is -2.30. The Balaban J connectivity index is 1.29. The van der Waals surface area contributed by atoms with Crippen LogP contribution in [-0.2, 0) is 0 Å². The molecule has 1 amide bonds. The van der Waals surface area contributed by atoms with Gasteiger partial charge in [0.05, 0.1) is 6.04 Å². The van der Waals surface area contributed by atoms with Gasteiger partial charge in [0, 0.05) is 22.8 Å². The standard InChI is InChI=1S/C24H20FN3O3S/c1-15(16-6-8-18(25)9-7-16)26-23(32)27-19-10-12-20(13-11-19)28-24(29)31-22-14-17-4-2-3-5-21(17)30-22/h2-15H,1H3,(H,28,29)(H2,26,27,32). The first-order chi connectivity index (χ1) is 15.5. The SMILES string of the molecule is CC(NC(=S)Nc1ccc(NC(=O)Oc2cc3ccccc3o2)cc1)c1ccc(F)cc1. The molecule has 0 fully saturated rings. The number of furan rings is 1. The van der Waals surface area contributed by atoms with Gasteiger partial charge in [0.25, 0.3) is 5.95 Å². The number of nitrogens with one attached hydrogen (secondary N) is 3. The number of carbonyl (C=O) groups excluding carboxylic acids is 1. The topological polar surface area (TPSA) is 75.5 Å². The molecule has 4 aromatic rings. The van der Waals surface area contributed by atoms with Crippen LogP contribution in [0, 0.1) is 5.82 Å². The minimum atomic E-state index is -0.657. The van der Waals surface area contributed by atoms with Gasteiger partial charge in [-0.3, -0.25) is 5.32 Å². The van der Waals surface area contributed by atoms with E-state index in [-0.39, 0.29) is 17.8 Å². The average Bonchev–Trinajstić information content (AvgIpc) is 3.17. The molecule has 0 saturated heterocycles. The molecule has 0 saturated carbocycles. The molecule has 0 aliphatic carbocycles. The molecule has 1 heterocycles. The van der Waals surface area contributed by atoms with E-state index in [1.165, 1.54) is 12.1 Å². The third-order valence-electron chi connectivity index (χ3n) is 4.70. The van der Waals surface area contributed by atoms with Crippen LogP contribution in [0.25, 0.3) is 11.0 Å². The largest absolute Gasteiger partial charge is 0.425 e. The van der Waals surface area contributed by atoms with Crippen LogP contribution in [0.2, 0.25) is 0 Å². The number of hydrogen-bond acceptors (Lipinski definition) is 4. The predicted octanol–water partition coefficient (Wildman–Crippen LogP) is 6.23. The van der Waals surface area contributed by atoms with Gasteiger partial charge in [-0.15, -0.1) is 0 Å². The molecule has 4 rings (SSSR count). The Morgan fingerprint density at radius 3 is 2.31 bits per heavy atom. The molecule has 0 bridgehead atoms. The zero-order valence-corrected chi connectivity index (χ0v) is 17.9. The monoisotopic (exact) mass is 449 g/mol. The van der Waals surface area contributed by atoms with Crippen molar-refractivity contribution in [1.29, 1.82) is 0 Å². The first-order valence-corrected chi connectivity index (χ1v) is 10.3. The third kappa shape index (κ3) is 5.41. The number of thiocarbonyl (C=S) groups is 1. The molecule has 3 N–H and O–H groups in total. The van der Waals surface area contributed by atoms with Gasteiger partial charge in [-0.2, -0.15) is 0 Å². The van der Waals surface area contributed by atoms with Crippen molar-refractivity contribution in [2.24, 2.45) is 0 Å². The van der Waals surface area contributed by atoms with Crippen molar-refractivity contribution in [1.82, 2.24) is 5.32 Å². The summed E-state index contributed by atoms with van der Waals surface area (Å²) in [6.45, 7) is 1.93. The highest BCUT2D eigenvalue weighted by atomic mass is 32.1. The molecule has 162 valence electrons. The van der Waals surface area contributed by atoms with Gasteiger partial charge >= 0.3 is 6.09 Å². The highest BCUT2D eigenvalue weighted by molar-refractivity contribution is 7.80. The molecule has 8 heteroatoms. The summed E-state index contributed by atoms with van der Waals surface area (Å²) in [7, 11) is 0. The summed E-state index contributed by atoms with van der Waals surface area (Å²) in [6, 6.07) is 22.2. The lowest BCUT2D eigenvalue weighted by molar-refractivity contribution is 0.203. The van der Waals surface area contributed by atoms with E-state index in [0.29, 0.717) is 16.4 Å². The summed E-state index contributed by atoms with van der Waals surface area (Å²) in [5.41, 5.74) is 2.85. The van der Waals surface area contributed by atoms with E-state index in [0.717, 1.165) is 16.6 Å². The fraction of sp³-hybridized carbons (Fsp3) is 0.0833. The van der Waals surface area contributed by atoms with Crippen molar-refractivity contribution in [3.05, 3.63) is 90.2 Å². The molecule has 1 aromatic heterocycles. The Kier molecular flexibility index (Phi) is 6.32. The van der Waals surface area contributed by atoms with E-state index < -0.39 is 6.09 Å². The van der Waals surface area contributed by atoms with Crippen molar-refractivity contribution < 1.29 is 18.3 Å². The fourth-order valence-corrected chi connectivity index (χ4v) is 3.37. The summed E-state index contributed by atoms with van der Waals surface area (Å²) >= 11 is 5.34. The van der Waals surface area contributed by atoms with Crippen LogP contribution in [0.5, 0.6) is 5.95 Å². The maximum absolute atomic E-state index is 13.1. The molecule has 0 radical (unpaired) electrons. The van der Waals surface area contributed by atoms with Crippen molar-refractivity contribution in [3.63, 3.8) is 0 Å². The lowest BCUT2D eigenvalue weighted by Gasteiger charge is -2.17. The number of rotatable bonds is 5. The molecule has 1 atom stereocenters. The number of hydrogen-bond donors (Lipinski definition) is 3. The second-order valence-corrected chi connectivity index (χ2v) is 7.48. The van der Waals surface area contributed by atoms with Gasteiger partial charge in [-0.1, -0.05) is 30.3 Å². The second-order valence-electron chi connectivity index (χ2n) is 7.07. The number of benzene rings is 3. The number of ether oxygens (including phenoxy) is 1. The Hall–Kier alpha value is -3.91. The number of carbonyl (C=O) groups is 1. The van der Waals surface area contributed by atoms with Crippen molar-refractivity contribution in [2.75, 3.05) is 10.6 Å². The quantitative estimate of drug-likeness (QED) is 0.314. The second kappa shape index (κ2) is 9.49. The third-order valence-corrected chi connectivity index (χ3v) is 4.92. The molecule has 32 heavy (non-hydrogen) atoms. The van der Waals surface area contributed by atoms with Crippen LogP contribution in [-0.4, -0.2) is 11.2 Å². The van der Waals surface area contributed by atoms with E-state index in [1.807, 2.05) is 25.1 Å². The van der Waals surface area contributed by atoms with Crippen LogP contribution in [0.1, 0.15) is 18.5 Å². The van der Waals surface area contributed by atoms with Crippen LogP contribution in [0.4, 0.5) is 20.6 Å². The molecule has 6 nitrogen and oxygen atoms in total. The predicted molar refractivity (Wildman–Crippen MR) is 126 cm³/mol. The zero-order chi connectivity index (χ0) is 22.5. The van der Waals surface area contributed by atoms with Gasteiger partial charge in [0.1, 0.15) is 11.4 Å². The van der Waals surface area contributed by atoms with Gasteiger partial charge in [-0.05, 0) is 67.2 Å². The van der Waals surface area contributed by atoms with Crippen molar-refractivity contribution >= 4 is 45.8 Å². The summed E-state index contributed by atoms with van der Waals surface area (Å²) in [4.78, 5) is 12.1. The molecule has 1 unspecified atom stereocenters. The lowest BCUT2D eigenvalue weighted by atomic mass is 10.1. The normalized spacial score (nSPS) is 11.6. The maximum Gasteiger partial charge on any atom is 0.419 e. The first kappa shape index (κ1) is 21.3. The van der Waals surface area contributed by atoms with E-state index in [4.69, 9.17) is 21.4 Å². The molecule has 0 aliphatic heterocycles. The van der Waals surface area contributed by atoms with Crippen LogP contribution < -0.4 is 20.7 Å². The van der Waals surface area contributed by atoms with Crippen LogP contribution >= 0.6 is 12.2 Å². The number of amides is 1. The van der Waals surface area contributed by atoms with Crippen LogP contribution in [0.3, 0.4) is 0 Å². The number of fused-ring (bicyclic) bond motifs is 1. The van der Waals surface area contributed by atoms with Crippen molar-refractivity contribution in [3.8, 4) is 5.95 Å². The Bertz CT molecular complexity index is 1210. The molecule has 0 spiro atoms. The van der Waals surface area contributed by atoms with Crippen LogP contribution in [0.15, 0.2) is 83.3 Å². The fourth-order valence-electron chi connectivity index (χ4n) is 3.08. The van der Waals surface area contributed by atoms with Crippen molar-refractivity contribution in [2.45, 2.75) is 13.0 Å². The maximum atomic E-state index is 13.1. The van der Waals surface area contributed by atoms with Gasteiger partial charge in [0.2, 0.25) is 0 Å². The zero-order valence-electron chi connectivity index (χ0n) is 17.1. The van der Waals surface area contributed by atoms with E-state index in [1.54, 1.807) is 48.5 Å². The highest BCUT2D eigenvalue weighted by Gasteiger charge is 2.11. The summed E-state index contributed by atoms with van der Waals surface area (Å²) in [5, 5.41) is 10.1. The smallest absolute Gasteiger partial charge is 0.419 e.